The topological polar surface area (TPSA) is 84.3 Å². The van der Waals surface area contributed by atoms with Crippen molar-refractivity contribution in [2.75, 3.05) is 25.1 Å². The van der Waals surface area contributed by atoms with E-state index in [1.165, 1.54) is 0 Å². The van der Waals surface area contributed by atoms with Crippen LogP contribution in [-0.4, -0.2) is 41.0 Å². The second-order valence-electron chi connectivity index (χ2n) is 4.64. The molecule has 6 nitrogen and oxygen atoms in total. The number of aromatic carboxylic acids is 1. The van der Waals surface area contributed by atoms with Crippen LogP contribution in [0.5, 0.6) is 0 Å². The summed E-state index contributed by atoms with van der Waals surface area (Å²) in [5, 5.41) is 20.8. The Hall–Kier alpha value is -2.21. The molecule has 0 aliphatic rings. The highest BCUT2D eigenvalue weighted by Gasteiger charge is 2.15. The lowest BCUT2D eigenvalue weighted by Gasteiger charge is -2.11. The first-order chi connectivity index (χ1) is 10.2. The number of nitrogens with one attached hydrogen (secondary N) is 1. The van der Waals surface area contributed by atoms with Crippen LogP contribution < -0.4 is 5.32 Å². The number of aromatic nitrogens is 2. The number of fused-ring (bicyclic) bond motifs is 1. The highest BCUT2D eigenvalue weighted by molar-refractivity contribution is 6.02. The van der Waals surface area contributed by atoms with Gasteiger partial charge in [0.1, 0.15) is 0 Å². The van der Waals surface area contributed by atoms with Gasteiger partial charge in [-0.2, -0.15) is 0 Å². The molecule has 1 aromatic carbocycles. The van der Waals surface area contributed by atoms with E-state index in [1.807, 2.05) is 18.2 Å². The van der Waals surface area contributed by atoms with Crippen molar-refractivity contribution in [2.24, 2.45) is 0 Å². The maximum atomic E-state index is 11.3. The van der Waals surface area contributed by atoms with Crippen LogP contribution in [0.2, 0.25) is 0 Å². The molecule has 21 heavy (non-hydrogen) atoms. The molecule has 0 radical (unpaired) electrons. The number of carboxylic acid groups (broad SMARTS) is 1. The standard InChI is InChI=1S/C15H19N3O3/c1-2-3-9-21-10-8-16-13-11-6-4-5-7-12(11)17-18-14(13)15(19)20/h4-7H,2-3,8-10H2,1H3,(H,16,17)(H,19,20). The average molecular weight is 289 g/mol. The quantitative estimate of drug-likeness (QED) is 0.727. The molecule has 0 amide bonds. The van der Waals surface area contributed by atoms with Gasteiger partial charge in [0.15, 0.2) is 5.69 Å². The Bertz CT molecular complexity index is 616. The number of nitrogens with zero attached hydrogens (tertiary/aromatic N) is 2. The van der Waals surface area contributed by atoms with Gasteiger partial charge in [-0.1, -0.05) is 31.5 Å². The molecule has 2 rings (SSSR count). The summed E-state index contributed by atoms with van der Waals surface area (Å²) in [6.07, 6.45) is 2.12. The normalized spacial score (nSPS) is 10.7. The van der Waals surface area contributed by atoms with Crippen LogP contribution >= 0.6 is 0 Å². The van der Waals surface area contributed by atoms with Crippen molar-refractivity contribution in [3.8, 4) is 0 Å². The molecule has 0 fully saturated rings. The number of unbranched alkanes of at least 4 members (excludes halogenated alkanes) is 1. The molecule has 1 heterocycles. The summed E-state index contributed by atoms with van der Waals surface area (Å²) in [4.78, 5) is 11.3. The Kier molecular flexibility index (Phi) is 5.45. The van der Waals surface area contributed by atoms with Crippen molar-refractivity contribution in [1.82, 2.24) is 10.2 Å². The number of hydrogen-bond acceptors (Lipinski definition) is 5. The molecule has 112 valence electrons. The Balaban J connectivity index is 2.12. The SMILES string of the molecule is CCCCOCCNc1c(C(=O)O)nnc2ccccc12. The third kappa shape index (κ3) is 3.88. The van der Waals surface area contributed by atoms with Crippen LogP contribution in [0, 0.1) is 0 Å². The summed E-state index contributed by atoms with van der Waals surface area (Å²) in [5.74, 6) is -1.09. The van der Waals surface area contributed by atoms with Crippen molar-refractivity contribution in [3.63, 3.8) is 0 Å². The first-order valence-electron chi connectivity index (χ1n) is 7.04. The van der Waals surface area contributed by atoms with Gasteiger partial charge in [0, 0.05) is 18.5 Å². The van der Waals surface area contributed by atoms with Gasteiger partial charge in [0.2, 0.25) is 0 Å². The predicted molar refractivity (Wildman–Crippen MR) is 80.7 cm³/mol. The smallest absolute Gasteiger partial charge is 0.358 e. The molecule has 0 saturated heterocycles. The van der Waals surface area contributed by atoms with Crippen LogP contribution in [0.15, 0.2) is 24.3 Å². The third-order valence-corrected chi connectivity index (χ3v) is 3.06. The molecule has 0 aliphatic carbocycles. The Morgan fingerprint density at radius 2 is 2.10 bits per heavy atom. The van der Waals surface area contributed by atoms with Crippen molar-refractivity contribution in [2.45, 2.75) is 19.8 Å². The van der Waals surface area contributed by atoms with Gasteiger partial charge in [-0.15, -0.1) is 10.2 Å². The van der Waals surface area contributed by atoms with Gasteiger partial charge in [-0.05, 0) is 12.5 Å². The first kappa shape index (κ1) is 15.2. The fourth-order valence-electron chi connectivity index (χ4n) is 1.98. The maximum absolute atomic E-state index is 11.3. The van der Waals surface area contributed by atoms with Crippen LogP contribution in [0.4, 0.5) is 5.69 Å². The van der Waals surface area contributed by atoms with E-state index in [1.54, 1.807) is 6.07 Å². The first-order valence-corrected chi connectivity index (χ1v) is 7.04. The lowest BCUT2D eigenvalue weighted by Crippen LogP contribution is -2.15. The fraction of sp³-hybridized carbons (Fsp3) is 0.400. The molecule has 0 aliphatic heterocycles. The van der Waals surface area contributed by atoms with E-state index in [0.29, 0.717) is 24.4 Å². The van der Waals surface area contributed by atoms with E-state index in [0.717, 1.165) is 24.8 Å². The van der Waals surface area contributed by atoms with Gasteiger partial charge in [0.05, 0.1) is 17.8 Å². The van der Waals surface area contributed by atoms with E-state index in [9.17, 15) is 9.90 Å². The minimum absolute atomic E-state index is 0.0674. The fourth-order valence-corrected chi connectivity index (χ4v) is 1.98. The summed E-state index contributed by atoms with van der Waals surface area (Å²) in [6.45, 7) is 3.88. The molecule has 2 N–H and O–H groups in total. The second kappa shape index (κ2) is 7.54. The largest absolute Gasteiger partial charge is 0.476 e. The highest BCUT2D eigenvalue weighted by atomic mass is 16.5. The molecule has 6 heteroatoms. The van der Waals surface area contributed by atoms with Gasteiger partial charge >= 0.3 is 5.97 Å². The molecule has 1 aromatic heterocycles. The highest BCUT2D eigenvalue weighted by Crippen LogP contribution is 2.23. The van der Waals surface area contributed by atoms with E-state index in [-0.39, 0.29) is 5.69 Å². The summed E-state index contributed by atoms with van der Waals surface area (Å²) in [6, 6.07) is 7.32. The van der Waals surface area contributed by atoms with E-state index in [2.05, 4.69) is 22.4 Å². The molecule has 0 bridgehead atoms. The molecule has 0 spiro atoms. The lowest BCUT2D eigenvalue weighted by atomic mass is 10.1. The number of carbonyl (C=O) groups is 1. The number of anilines is 1. The zero-order chi connectivity index (χ0) is 15.1. The molecule has 0 unspecified atom stereocenters. The molecular formula is C15H19N3O3. The van der Waals surface area contributed by atoms with E-state index >= 15 is 0 Å². The summed E-state index contributed by atoms with van der Waals surface area (Å²) in [7, 11) is 0. The lowest BCUT2D eigenvalue weighted by molar-refractivity contribution is 0.0690. The van der Waals surface area contributed by atoms with E-state index in [4.69, 9.17) is 4.74 Å². The van der Waals surface area contributed by atoms with Crippen molar-refractivity contribution < 1.29 is 14.6 Å². The summed E-state index contributed by atoms with van der Waals surface area (Å²) in [5.41, 5.74) is 1.09. The van der Waals surface area contributed by atoms with Crippen molar-refractivity contribution in [3.05, 3.63) is 30.0 Å². The minimum atomic E-state index is -1.09. The van der Waals surface area contributed by atoms with Gasteiger partial charge < -0.3 is 15.2 Å². The molecule has 0 atom stereocenters. The van der Waals surface area contributed by atoms with Crippen LogP contribution in [0.25, 0.3) is 10.9 Å². The zero-order valence-electron chi connectivity index (χ0n) is 12.0. The minimum Gasteiger partial charge on any atom is -0.476 e. The third-order valence-electron chi connectivity index (χ3n) is 3.06. The van der Waals surface area contributed by atoms with Crippen molar-refractivity contribution >= 4 is 22.6 Å². The van der Waals surface area contributed by atoms with Gasteiger partial charge in [0.25, 0.3) is 0 Å². The number of carboxylic acids is 1. The molecular weight excluding hydrogens is 270 g/mol. The van der Waals surface area contributed by atoms with E-state index < -0.39 is 5.97 Å². The maximum Gasteiger partial charge on any atom is 0.358 e. The van der Waals surface area contributed by atoms with Gasteiger partial charge in [-0.3, -0.25) is 0 Å². The number of rotatable bonds is 8. The van der Waals surface area contributed by atoms with Crippen LogP contribution in [0.3, 0.4) is 0 Å². The summed E-state index contributed by atoms with van der Waals surface area (Å²) < 4.78 is 5.46. The Morgan fingerprint density at radius 3 is 2.86 bits per heavy atom. The zero-order valence-corrected chi connectivity index (χ0v) is 12.0. The second-order valence-corrected chi connectivity index (χ2v) is 4.64. The number of ether oxygens (including phenoxy) is 1. The number of hydrogen-bond donors (Lipinski definition) is 2. The predicted octanol–water partition coefficient (Wildman–Crippen LogP) is 2.56. The monoisotopic (exact) mass is 289 g/mol. The van der Waals surface area contributed by atoms with Gasteiger partial charge in [-0.25, -0.2) is 4.79 Å². The van der Waals surface area contributed by atoms with Crippen LogP contribution in [0.1, 0.15) is 30.3 Å². The molecule has 0 saturated carbocycles. The molecule has 2 aromatic rings. The average Bonchev–Trinajstić information content (AvgIpc) is 2.50. The van der Waals surface area contributed by atoms with Crippen LogP contribution in [-0.2, 0) is 4.74 Å². The Labute approximate surface area is 123 Å². The number of benzene rings is 1. The Morgan fingerprint density at radius 1 is 1.29 bits per heavy atom. The summed E-state index contributed by atoms with van der Waals surface area (Å²) >= 11 is 0. The van der Waals surface area contributed by atoms with Crippen molar-refractivity contribution in [1.29, 1.82) is 0 Å².